The average molecular weight is 254 g/mol. The number of hydrogen-bond acceptors (Lipinski definition) is 3. The van der Waals surface area contributed by atoms with Crippen molar-refractivity contribution < 1.29 is 9.50 Å². The topological polar surface area (TPSA) is 35.5 Å². The molecule has 3 nitrogen and oxygen atoms in total. The predicted octanol–water partition coefficient (Wildman–Crippen LogP) is 2.14. The summed E-state index contributed by atoms with van der Waals surface area (Å²) in [5, 5.41) is 12.5. The van der Waals surface area contributed by atoms with E-state index < -0.39 is 6.10 Å². The summed E-state index contributed by atoms with van der Waals surface area (Å²) in [7, 11) is 1.78. The number of rotatable bonds is 7. The van der Waals surface area contributed by atoms with Crippen LogP contribution in [0.2, 0.25) is 0 Å². The van der Waals surface area contributed by atoms with Crippen LogP contribution in [0.4, 0.5) is 10.1 Å². The van der Waals surface area contributed by atoms with Crippen molar-refractivity contribution in [2.75, 3.05) is 25.0 Å². The summed E-state index contributed by atoms with van der Waals surface area (Å²) in [6.45, 7) is 5.83. The Kier molecular flexibility index (Phi) is 6.09. The number of anilines is 1. The highest BCUT2D eigenvalue weighted by Gasteiger charge is 2.10. The van der Waals surface area contributed by atoms with Crippen LogP contribution in [0.5, 0.6) is 0 Å². The number of hydrogen-bond donors (Lipinski definition) is 2. The Morgan fingerprint density at radius 1 is 1.44 bits per heavy atom. The number of nitrogens with one attached hydrogen (secondary N) is 1. The van der Waals surface area contributed by atoms with Gasteiger partial charge in [-0.2, -0.15) is 0 Å². The Hall–Kier alpha value is -1.13. The highest BCUT2D eigenvalue weighted by atomic mass is 19.1. The van der Waals surface area contributed by atoms with Gasteiger partial charge in [0.15, 0.2) is 0 Å². The van der Waals surface area contributed by atoms with Gasteiger partial charge in [-0.15, -0.1) is 0 Å². The maximum absolute atomic E-state index is 13.9. The molecule has 1 rings (SSSR count). The van der Waals surface area contributed by atoms with Crippen molar-refractivity contribution in [2.45, 2.75) is 32.9 Å². The lowest BCUT2D eigenvalue weighted by Crippen LogP contribution is -2.27. The Morgan fingerprint density at radius 2 is 2.17 bits per heavy atom. The van der Waals surface area contributed by atoms with Crippen molar-refractivity contribution in [1.29, 1.82) is 0 Å². The third-order valence-electron chi connectivity index (χ3n) is 2.72. The number of nitrogens with zero attached hydrogens (tertiary/aromatic N) is 1. The summed E-state index contributed by atoms with van der Waals surface area (Å²) < 4.78 is 13.9. The Balaban J connectivity index is 2.67. The summed E-state index contributed by atoms with van der Waals surface area (Å²) in [4.78, 5) is 1.73. The summed E-state index contributed by atoms with van der Waals surface area (Å²) >= 11 is 0. The first-order chi connectivity index (χ1) is 8.54. The monoisotopic (exact) mass is 254 g/mol. The maximum Gasteiger partial charge on any atom is 0.146 e. The molecule has 2 N–H and O–H groups in total. The second kappa shape index (κ2) is 7.34. The molecule has 0 aliphatic carbocycles. The van der Waals surface area contributed by atoms with Crippen molar-refractivity contribution in [3.05, 3.63) is 29.6 Å². The zero-order valence-electron chi connectivity index (χ0n) is 11.4. The van der Waals surface area contributed by atoms with Gasteiger partial charge in [0.25, 0.3) is 0 Å². The molecule has 0 bridgehead atoms. The van der Waals surface area contributed by atoms with Gasteiger partial charge < -0.3 is 15.3 Å². The number of halogens is 1. The minimum atomic E-state index is -0.472. The highest BCUT2D eigenvalue weighted by Crippen LogP contribution is 2.19. The fourth-order valence-electron chi connectivity index (χ4n) is 1.87. The van der Waals surface area contributed by atoms with Crippen molar-refractivity contribution in [2.24, 2.45) is 0 Å². The summed E-state index contributed by atoms with van der Waals surface area (Å²) in [6.07, 6.45) is 0.595. The smallest absolute Gasteiger partial charge is 0.146 e. The van der Waals surface area contributed by atoms with Crippen molar-refractivity contribution in [3.63, 3.8) is 0 Å². The summed E-state index contributed by atoms with van der Waals surface area (Å²) in [5.41, 5.74) is 1.46. The Bertz CT molecular complexity index is 369. The van der Waals surface area contributed by atoms with Crippen molar-refractivity contribution >= 4 is 5.69 Å². The fraction of sp³-hybridized carbons (Fsp3) is 0.571. The summed E-state index contributed by atoms with van der Waals surface area (Å²) in [6, 6.07) is 5.23. The Morgan fingerprint density at radius 3 is 2.72 bits per heavy atom. The lowest BCUT2D eigenvalue weighted by atomic mass is 10.1. The molecule has 1 atom stereocenters. The maximum atomic E-state index is 13.9. The zero-order chi connectivity index (χ0) is 13.5. The van der Waals surface area contributed by atoms with Gasteiger partial charge in [-0.25, -0.2) is 4.39 Å². The van der Waals surface area contributed by atoms with Crippen LogP contribution >= 0.6 is 0 Å². The van der Waals surface area contributed by atoms with Gasteiger partial charge in [0.2, 0.25) is 0 Å². The van der Waals surface area contributed by atoms with Gasteiger partial charge in [0, 0.05) is 20.1 Å². The number of aliphatic hydroxyl groups excluding tert-OH is 1. The van der Waals surface area contributed by atoms with Crippen LogP contribution < -0.4 is 10.2 Å². The highest BCUT2D eigenvalue weighted by molar-refractivity contribution is 5.48. The van der Waals surface area contributed by atoms with Crippen LogP contribution in [0.1, 0.15) is 25.8 Å². The first-order valence-corrected chi connectivity index (χ1v) is 6.43. The molecular weight excluding hydrogens is 231 g/mol. The molecule has 0 saturated carbocycles. The van der Waals surface area contributed by atoms with E-state index in [1.165, 1.54) is 0 Å². The molecule has 0 aliphatic heterocycles. The molecule has 0 radical (unpaired) electrons. The van der Waals surface area contributed by atoms with Gasteiger partial charge in [-0.3, -0.25) is 0 Å². The standard InChI is InChI=1S/C14H23FN2O/c1-4-7-16-9-12-5-6-14(13(15)8-12)17(3)10-11(2)18/h5-6,8,11,16,18H,4,7,9-10H2,1-3H3. The normalized spacial score (nSPS) is 12.5. The Labute approximate surface area is 109 Å². The quantitative estimate of drug-likeness (QED) is 0.732. The number of benzene rings is 1. The van der Waals surface area contributed by atoms with Crippen LogP contribution in [0.25, 0.3) is 0 Å². The van der Waals surface area contributed by atoms with Crippen LogP contribution in [-0.4, -0.2) is 31.3 Å². The molecule has 0 fully saturated rings. The molecule has 0 heterocycles. The predicted molar refractivity (Wildman–Crippen MR) is 73.3 cm³/mol. The third kappa shape index (κ3) is 4.63. The van der Waals surface area contributed by atoms with E-state index in [4.69, 9.17) is 0 Å². The van der Waals surface area contributed by atoms with Crippen LogP contribution in [-0.2, 0) is 6.54 Å². The van der Waals surface area contributed by atoms with E-state index in [2.05, 4.69) is 12.2 Å². The molecule has 18 heavy (non-hydrogen) atoms. The first-order valence-electron chi connectivity index (χ1n) is 6.43. The van der Waals surface area contributed by atoms with Gasteiger partial charge in [0.05, 0.1) is 11.8 Å². The largest absolute Gasteiger partial charge is 0.392 e. The number of likely N-dealkylation sites (N-methyl/N-ethyl adjacent to an activating group) is 1. The average Bonchev–Trinajstić information content (AvgIpc) is 2.28. The SMILES string of the molecule is CCCNCc1ccc(N(C)CC(C)O)c(F)c1. The molecule has 0 spiro atoms. The molecule has 0 aliphatic rings. The van der Waals surface area contributed by atoms with E-state index in [1.54, 1.807) is 31.0 Å². The van der Waals surface area contributed by atoms with Gasteiger partial charge in [-0.05, 0) is 37.6 Å². The fourth-order valence-corrected chi connectivity index (χ4v) is 1.87. The molecular formula is C14H23FN2O. The van der Waals surface area contributed by atoms with Crippen molar-refractivity contribution in [3.8, 4) is 0 Å². The van der Waals surface area contributed by atoms with Gasteiger partial charge >= 0.3 is 0 Å². The van der Waals surface area contributed by atoms with Crippen LogP contribution in [0.3, 0.4) is 0 Å². The lowest BCUT2D eigenvalue weighted by Gasteiger charge is -2.21. The van der Waals surface area contributed by atoms with Crippen molar-refractivity contribution in [1.82, 2.24) is 5.32 Å². The van der Waals surface area contributed by atoms with E-state index >= 15 is 0 Å². The molecule has 4 heteroatoms. The third-order valence-corrected chi connectivity index (χ3v) is 2.72. The van der Waals surface area contributed by atoms with E-state index in [9.17, 15) is 9.50 Å². The second-order valence-electron chi connectivity index (χ2n) is 4.69. The zero-order valence-corrected chi connectivity index (χ0v) is 11.4. The van der Waals surface area contributed by atoms with Gasteiger partial charge in [-0.1, -0.05) is 13.0 Å². The molecule has 102 valence electrons. The minimum absolute atomic E-state index is 0.242. The molecule has 0 amide bonds. The van der Waals surface area contributed by atoms with Gasteiger partial charge in [0.1, 0.15) is 5.82 Å². The van der Waals surface area contributed by atoms with E-state index in [0.29, 0.717) is 18.8 Å². The molecule has 1 unspecified atom stereocenters. The van der Waals surface area contributed by atoms with Crippen LogP contribution in [0, 0.1) is 5.82 Å². The summed E-state index contributed by atoms with van der Waals surface area (Å²) in [5.74, 6) is -0.242. The van der Waals surface area contributed by atoms with E-state index in [1.807, 2.05) is 6.07 Å². The lowest BCUT2D eigenvalue weighted by molar-refractivity contribution is 0.201. The minimum Gasteiger partial charge on any atom is -0.392 e. The van der Waals surface area contributed by atoms with E-state index in [-0.39, 0.29) is 5.82 Å². The first kappa shape index (κ1) is 14.9. The molecule has 0 saturated heterocycles. The molecule has 1 aromatic rings. The van der Waals surface area contributed by atoms with E-state index in [0.717, 1.165) is 18.5 Å². The number of aliphatic hydroxyl groups is 1. The van der Waals surface area contributed by atoms with Crippen LogP contribution in [0.15, 0.2) is 18.2 Å². The molecule has 1 aromatic carbocycles. The molecule has 0 aromatic heterocycles. The second-order valence-corrected chi connectivity index (χ2v) is 4.69.